The Morgan fingerprint density at radius 2 is 1.07 bits per heavy atom. The van der Waals surface area contributed by atoms with Crippen LogP contribution < -0.4 is 0 Å². The molecule has 1 aliphatic heterocycles. The van der Waals surface area contributed by atoms with Gasteiger partial charge in [-0.2, -0.15) is 8.42 Å². The summed E-state index contributed by atoms with van der Waals surface area (Å²) in [7, 11) is -4.61. The molecule has 13 heteroatoms. The number of esters is 2. The first-order chi connectivity index (χ1) is 29.0. The molecule has 4 N–H and O–H groups in total. The van der Waals surface area contributed by atoms with Crippen LogP contribution in [0.25, 0.3) is 0 Å². The van der Waals surface area contributed by atoms with Crippen molar-refractivity contribution in [3.63, 3.8) is 0 Å². The molecular weight excluding hydrogens is 789 g/mol. The summed E-state index contributed by atoms with van der Waals surface area (Å²) >= 11 is 0. The fourth-order valence-corrected chi connectivity index (χ4v) is 6.98. The van der Waals surface area contributed by atoms with Crippen LogP contribution in [0.15, 0.2) is 72.9 Å². The smallest absolute Gasteiger partial charge is 0.306 e. The van der Waals surface area contributed by atoms with Gasteiger partial charge in [0.15, 0.2) is 12.4 Å². The van der Waals surface area contributed by atoms with E-state index < -0.39 is 71.2 Å². The molecule has 0 aliphatic carbocycles. The summed E-state index contributed by atoms with van der Waals surface area (Å²) in [5.41, 5.74) is 0. The number of carbonyl (C=O) groups excluding carboxylic acids is 2. The van der Waals surface area contributed by atoms with Crippen molar-refractivity contribution in [2.75, 3.05) is 19.0 Å². The summed E-state index contributed by atoms with van der Waals surface area (Å²) in [6.07, 6.45) is 36.7. The minimum atomic E-state index is -4.61. The van der Waals surface area contributed by atoms with E-state index in [9.17, 15) is 37.9 Å². The number of rotatable bonds is 36. The average Bonchev–Trinajstić information content (AvgIpc) is 3.21. The van der Waals surface area contributed by atoms with E-state index in [1.54, 1.807) is 0 Å². The van der Waals surface area contributed by atoms with Gasteiger partial charge in [-0.1, -0.05) is 138 Å². The third-order valence-corrected chi connectivity index (χ3v) is 10.5. The Morgan fingerprint density at radius 3 is 1.63 bits per heavy atom. The van der Waals surface area contributed by atoms with Gasteiger partial charge >= 0.3 is 11.9 Å². The van der Waals surface area contributed by atoms with Crippen molar-refractivity contribution in [2.24, 2.45) is 0 Å². The molecule has 0 bridgehead atoms. The predicted molar refractivity (Wildman–Crippen MR) is 238 cm³/mol. The molecule has 0 amide bonds. The largest absolute Gasteiger partial charge is 0.462 e. The van der Waals surface area contributed by atoms with Crippen molar-refractivity contribution in [1.29, 1.82) is 0 Å². The Kier molecular flexibility index (Phi) is 33.7. The minimum Gasteiger partial charge on any atom is -0.462 e. The van der Waals surface area contributed by atoms with Gasteiger partial charge in [-0.05, 0) is 77.0 Å². The van der Waals surface area contributed by atoms with Crippen molar-refractivity contribution < 1.29 is 56.8 Å². The lowest BCUT2D eigenvalue weighted by Crippen LogP contribution is -2.60. The highest BCUT2D eigenvalue weighted by Crippen LogP contribution is 2.24. The Labute approximate surface area is 361 Å². The Hall–Kier alpha value is -2.91. The van der Waals surface area contributed by atoms with E-state index in [0.717, 1.165) is 70.6 Å². The molecule has 0 aromatic carbocycles. The molecule has 1 heterocycles. The van der Waals surface area contributed by atoms with Crippen LogP contribution in [-0.4, -0.2) is 96.0 Å². The number of unbranched alkanes of at least 4 members (excludes halogenated alkanes) is 12. The van der Waals surface area contributed by atoms with Crippen LogP contribution in [-0.2, 0) is 38.7 Å². The highest BCUT2D eigenvalue weighted by molar-refractivity contribution is 7.85. The maximum Gasteiger partial charge on any atom is 0.306 e. The number of carbonyl (C=O) groups is 2. The second-order valence-electron chi connectivity index (χ2n) is 15.3. The summed E-state index contributed by atoms with van der Waals surface area (Å²) in [4.78, 5) is 25.4. The lowest BCUT2D eigenvalue weighted by atomic mass is 10.00. The van der Waals surface area contributed by atoms with Crippen LogP contribution in [0, 0.1) is 0 Å². The average molecular weight is 867 g/mol. The van der Waals surface area contributed by atoms with E-state index in [0.29, 0.717) is 19.3 Å². The van der Waals surface area contributed by atoms with Gasteiger partial charge in [0, 0.05) is 12.8 Å². The van der Waals surface area contributed by atoms with Crippen LogP contribution in [0.3, 0.4) is 0 Å². The number of allylic oxidation sites excluding steroid dienone is 12. The van der Waals surface area contributed by atoms with E-state index in [1.165, 1.54) is 38.5 Å². The van der Waals surface area contributed by atoms with Crippen molar-refractivity contribution in [3.05, 3.63) is 72.9 Å². The molecule has 2 unspecified atom stereocenters. The normalized spacial score (nSPS) is 20.8. The van der Waals surface area contributed by atoms with Gasteiger partial charge in [0.2, 0.25) is 0 Å². The molecule has 0 aromatic heterocycles. The molecule has 1 fully saturated rings. The van der Waals surface area contributed by atoms with Gasteiger partial charge in [-0.15, -0.1) is 0 Å². The topological polar surface area (TPSA) is 186 Å². The van der Waals surface area contributed by atoms with E-state index in [1.807, 2.05) is 12.2 Å². The molecular formula is C47H78O12S. The molecule has 6 atom stereocenters. The van der Waals surface area contributed by atoms with Crippen LogP contribution >= 0.6 is 0 Å². The summed E-state index contributed by atoms with van der Waals surface area (Å²) < 4.78 is 54.0. The fraction of sp³-hybridized carbons (Fsp3) is 0.702. The minimum absolute atomic E-state index is 0.0809. The molecule has 0 saturated carbocycles. The van der Waals surface area contributed by atoms with Crippen LogP contribution in [0.2, 0.25) is 0 Å². The molecule has 1 aliphatic rings. The third kappa shape index (κ3) is 31.0. The SMILES string of the molecule is CC/C=C/C/C=C/C/C=C/C/C=C/C/C=C/CCCC(=O)O[C@H](COC(=O)CCCCCCC/C=C/CCCCCCCC)CO[C@H]1O[C@H](CS(=O)(=O)O)[C@@H](O)C(O)C1O. The Balaban J connectivity index is 2.51. The predicted octanol–water partition coefficient (Wildman–Crippen LogP) is 9.11. The first kappa shape index (κ1) is 55.1. The van der Waals surface area contributed by atoms with Crippen molar-refractivity contribution >= 4 is 22.1 Å². The van der Waals surface area contributed by atoms with Gasteiger partial charge < -0.3 is 34.3 Å². The summed E-state index contributed by atoms with van der Waals surface area (Å²) in [5, 5.41) is 30.9. The Morgan fingerprint density at radius 1 is 0.583 bits per heavy atom. The maximum absolute atomic E-state index is 12.8. The van der Waals surface area contributed by atoms with Gasteiger partial charge in [0.25, 0.3) is 10.1 Å². The summed E-state index contributed by atoms with van der Waals surface area (Å²) in [6, 6.07) is 0. The molecule has 344 valence electrons. The highest BCUT2D eigenvalue weighted by Gasteiger charge is 2.46. The van der Waals surface area contributed by atoms with E-state index in [4.69, 9.17) is 18.9 Å². The second-order valence-corrected chi connectivity index (χ2v) is 16.8. The summed E-state index contributed by atoms with van der Waals surface area (Å²) in [5.74, 6) is -2.08. The number of aliphatic hydroxyl groups excluding tert-OH is 3. The molecule has 1 rings (SSSR count). The van der Waals surface area contributed by atoms with Gasteiger partial charge in [0.1, 0.15) is 36.8 Å². The summed E-state index contributed by atoms with van der Waals surface area (Å²) in [6.45, 7) is 3.57. The zero-order valence-electron chi connectivity index (χ0n) is 36.5. The van der Waals surface area contributed by atoms with Gasteiger partial charge in [0.05, 0.1) is 6.61 Å². The first-order valence-electron chi connectivity index (χ1n) is 22.5. The Bertz CT molecular complexity index is 1390. The van der Waals surface area contributed by atoms with E-state index >= 15 is 0 Å². The van der Waals surface area contributed by atoms with Crippen LogP contribution in [0.4, 0.5) is 0 Å². The van der Waals surface area contributed by atoms with Crippen molar-refractivity contribution in [3.8, 4) is 0 Å². The number of ether oxygens (including phenoxy) is 4. The standard InChI is InChI=1S/C47H78O12S/c1-3-5-7-9-11-13-15-17-19-20-22-24-26-28-30-32-34-36-43(49)58-40(38-57-47-46(52)45(51)44(50)41(59-47)39-60(53,54)55)37-56-42(48)35-33-31-29-27-25-23-21-18-16-14-12-10-8-6-4-2/h5,7,11,13,17-19,21-22,24,28,30,40-41,44-47,50-52H,3-4,6,8-10,12,14-16,20,23,25-27,29,31-39H2,1-2H3,(H,53,54,55)/b7-5+,13-11+,19-17+,21-18+,24-22+,30-28+/t40-,41-,44-,45?,46?,47+/m1/s1. The van der Waals surface area contributed by atoms with E-state index in [2.05, 4.69) is 74.6 Å². The number of hydrogen-bond acceptors (Lipinski definition) is 11. The lowest BCUT2D eigenvalue weighted by Gasteiger charge is -2.40. The van der Waals surface area contributed by atoms with Crippen LogP contribution in [0.5, 0.6) is 0 Å². The zero-order valence-corrected chi connectivity index (χ0v) is 37.3. The first-order valence-corrected chi connectivity index (χ1v) is 24.1. The number of hydrogen-bond donors (Lipinski definition) is 4. The molecule has 0 spiro atoms. The molecule has 0 aromatic rings. The molecule has 1 saturated heterocycles. The zero-order chi connectivity index (χ0) is 44.1. The molecule has 0 radical (unpaired) electrons. The lowest BCUT2D eigenvalue weighted by molar-refractivity contribution is -0.297. The van der Waals surface area contributed by atoms with Crippen molar-refractivity contribution in [2.45, 2.75) is 192 Å². The van der Waals surface area contributed by atoms with Crippen molar-refractivity contribution in [1.82, 2.24) is 0 Å². The highest BCUT2D eigenvalue weighted by atomic mass is 32.2. The second kappa shape index (κ2) is 36.7. The quantitative estimate of drug-likeness (QED) is 0.0203. The van der Waals surface area contributed by atoms with Gasteiger partial charge in [-0.25, -0.2) is 0 Å². The fourth-order valence-electron chi connectivity index (χ4n) is 6.29. The number of aliphatic hydroxyl groups is 3. The van der Waals surface area contributed by atoms with Crippen LogP contribution in [0.1, 0.15) is 155 Å². The third-order valence-electron chi connectivity index (χ3n) is 9.77. The van der Waals surface area contributed by atoms with E-state index in [-0.39, 0.29) is 19.4 Å². The monoisotopic (exact) mass is 867 g/mol. The van der Waals surface area contributed by atoms with Gasteiger partial charge in [-0.3, -0.25) is 14.1 Å². The molecule has 12 nitrogen and oxygen atoms in total. The maximum atomic E-state index is 12.8. The molecule has 60 heavy (non-hydrogen) atoms.